The summed E-state index contributed by atoms with van der Waals surface area (Å²) in [6.45, 7) is 14.6. The van der Waals surface area contributed by atoms with E-state index in [1.54, 1.807) is 6.07 Å². The second kappa shape index (κ2) is 9.69. The van der Waals surface area contributed by atoms with E-state index in [1.807, 2.05) is 24.0 Å². The van der Waals surface area contributed by atoms with Crippen LogP contribution in [0, 0.1) is 6.92 Å². The summed E-state index contributed by atoms with van der Waals surface area (Å²) >= 11 is 0. The highest BCUT2D eigenvalue weighted by molar-refractivity contribution is 5.93. The van der Waals surface area contributed by atoms with E-state index in [4.69, 9.17) is 0 Å². The normalized spacial score (nSPS) is 14.7. The zero-order valence-corrected chi connectivity index (χ0v) is 18.0. The van der Waals surface area contributed by atoms with Crippen molar-refractivity contribution in [3.63, 3.8) is 0 Å². The number of carbonyl (C=O) groups is 1. The Morgan fingerprint density at radius 3 is 2.28 bits per heavy atom. The fourth-order valence-electron chi connectivity index (χ4n) is 3.66. The molecule has 2 heterocycles. The molecule has 1 aliphatic heterocycles. The minimum absolute atomic E-state index is 0.0221. The molecule has 0 aliphatic carbocycles. The van der Waals surface area contributed by atoms with E-state index in [0.29, 0.717) is 17.3 Å². The summed E-state index contributed by atoms with van der Waals surface area (Å²) in [5, 5.41) is 3.31. The van der Waals surface area contributed by atoms with Gasteiger partial charge in [0.05, 0.1) is 0 Å². The van der Waals surface area contributed by atoms with Crippen LogP contribution in [0.1, 0.15) is 37.1 Å². The fourth-order valence-corrected chi connectivity index (χ4v) is 3.66. The van der Waals surface area contributed by atoms with E-state index < -0.39 is 0 Å². The van der Waals surface area contributed by atoms with E-state index in [-0.39, 0.29) is 5.91 Å². The van der Waals surface area contributed by atoms with Gasteiger partial charge in [-0.05, 0) is 51.6 Å². The molecule has 1 aromatic heterocycles. The number of amides is 1. The zero-order chi connectivity index (χ0) is 20.8. The van der Waals surface area contributed by atoms with Crippen molar-refractivity contribution in [2.45, 2.75) is 27.7 Å². The van der Waals surface area contributed by atoms with Crippen LogP contribution in [0.2, 0.25) is 0 Å². The Labute approximate surface area is 173 Å². The molecule has 0 radical (unpaired) electrons. The number of nitrogens with zero attached hydrogens (tertiary/aromatic N) is 5. The number of benzene rings is 1. The van der Waals surface area contributed by atoms with Gasteiger partial charge < -0.3 is 20.0 Å². The van der Waals surface area contributed by atoms with Crippen molar-refractivity contribution >= 4 is 23.1 Å². The molecule has 7 heteroatoms. The van der Waals surface area contributed by atoms with Crippen LogP contribution in [0.25, 0.3) is 0 Å². The molecule has 0 atom stereocenters. The molecule has 0 saturated carbocycles. The van der Waals surface area contributed by atoms with Crippen LogP contribution in [0.5, 0.6) is 0 Å². The Morgan fingerprint density at radius 2 is 1.69 bits per heavy atom. The van der Waals surface area contributed by atoms with Gasteiger partial charge in [-0.3, -0.25) is 4.79 Å². The largest absolute Gasteiger partial charge is 0.372 e. The number of hydrogen-bond donors (Lipinski definition) is 1. The zero-order valence-electron chi connectivity index (χ0n) is 18.0. The van der Waals surface area contributed by atoms with Crippen molar-refractivity contribution in [2.24, 2.45) is 0 Å². The van der Waals surface area contributed by atoms with Gasteiger partial charge in [-0.2, -0.15) is 0 Å². The van der Waals surface area contributed by atoms with Gasteiger partial charge in [-0.1, -0.05) is 6.92 Å². The second-order valence-electron chi connectivity index (χ2n) is 7.26. The Kier molecular flexibility index (Phi) is 7.04. The van der Waals surface area contributed by atoms with Crippen molar-refractivity contribution in [2.75, 3.05) is 56.0 Å². The Balaban J connectivity index is 1.71. The van der Waals surface area contributed by atoms with Crippen molar-refractivity contribution in [1.29, 1.82) is 0 Å². The maximum atomic E-state index is 12.9. The summed E-state index contributed by atoms with van der Waals surface area (Å²) in [4.78, 5) is 28.3. The molecule has 0 unspecified atom stereocenters. The maximum Gasteiger partial charge on any atom is 0.272 e. The van der Waals surface area contributed by atoms with Gasteiger partial charge in [-0.25, -0.2) is 9.97 Å². The Morgan fingerprint density at radius 1 is 1.03 bits per heavy atom. The molecule has 156 valence electrons. The minimum atomic E-state index is -0.0221. The lowest BCUT2D eigenvalue weighted by molar-refractivity contribution is 0.0637. The molecule has 0 spiro atoms. The molecule has 1 saturated heterocycles. The first-order valence-corrected chi connectivity index (χ1v) is 10.5. The van der Waals surface area contributed by atoms with Gasteiger partial charge in [0.25, 0.3) is 5.91 Å². The summed E-state index contributed by atoms with van der Waals surface area (Å²) in [6.07, 6.45) is 0. The number of aryl methyl sites for hydroxylation is 1. The molecule has 1 amide bonds. The Hall–Kier alpha value is -2.67. The molecule has 0 bridgehead atoms. The lowest BCUT2D eigenvalue weighted by atomic mass is 10.2. The topological polar surface area (TPSA) is 64.6 Å². The van der Waals surface area contributed by atoms with E-state index in [2.05, 4.69) is 58.0 Å². The van der Waals surface area contributed by atoms with Gasteiger partial charge in [-0.15, -0.1) is 0 Å². The monoisotopic (exact) mass is 396 g/mol. The van der Waals surface area contributed by atoms with Crippen LogP contribution in [0.15, 0.2) is 30.3 Å². The summed E-state index contributed by atoms with van der Waals surface area (Å²) in [5.74, 6) is 1.21. The number of aromatic nitrogens is 2. The van der Waals surface area contributed by atoms with Crippen molar-refractivity contribution in [3.8, 4) is 0 Å². The molecule has 29 heavy (non-hydrogen) atoms. The summed E-state index contributed by atoms with van der Waals surface area (Å²) in [6, 6.07) is 10.0. The highest BCUT2D eigenvalue weighted by Gasteiger charge is 2.23. The standard InChI is InChI=1S/C22H32N6O/c1-5-26-12-14-28(15-13-26)22(29)20-16-21(24-17(4)23-20)25-18-8-10-19(11-9-18)27(6-2)7-3/h8-11,16H,5-7,12-15H2,1-4H3,(H,23,24,25). The summed E-state index contributed by atoms with van der Waals surface area (Å²) < 4.78 is 0. The van der Waals surface area contributed by atoms with Gasteiger partial charge in [0.2, 0.25) is 0 Å². The number of nitrogens with one attached hydrogen (secondary N) is 1. The number of carbonyl (C=O) groups excluding carboxylic acids is 1. The number of anilines is 3. The summed E-state index contributed by atoms with van der Waals surface area (Å²) in [7, 11) is 0. The van der Waals surface area contributed by atoms with Crippen molar-refractivity contribution < 1.29 is 4.79 Å². The van der Waals surface area contributed by atoms with Crippen molar-refractivity contribution in [1.82, 2.24) is 19.8 Å². The molecule has 7 nitrogen and oxygen atoms in total. The van der Waals surface area contributed by atoms with Crippen LogP contribution in [0.4, 0.5) is 17.2 Å². The second-order valence-corrected chi connectivity index (χ2v) is 7.26. The van der Waals surface area contributed by atoms with Gasteiger partial charge in [0, 0.05) is 56.7 Å². The number of piperazine rings is 1. The van der Waals surface area contributed by atoms with Crippen LogP contribution >= 0.6 is 0 Å². The highest BCUT2D eigenvalue weighted by Crippen LogP contribution is 2.21. The van der Waals surface area contributed by atoms with Gasteiger partial charge >= 0.3 is 0 Å². The smallest absolute Gasteiger partial charge is 0.272 e. The first kappa shape index (κ1) is 21.0. The Bertz CT molecular complexity index is 811. The first-order valence-electron chi connectivity index (χ1n) is 10.5. The first-order chi connectivity index (χ1) is 14.0. The maximum absolute atomic E-state index is 12.9. The lowest BCUT2D eigenvalue weighted by Gasteiger charge is -2.33. The third-order valence-electron chi connectivity index (χ3n) is 5.43. The molecule has 1 fully saturated rings. The molecule has 3 rings (SSSR count). The quantitative estimate of drug-likeness (QED) is 0.776. The third-order valence-corrected chi connectivity index (χ3v) is 5.43. The average molecular weight is 397 g/mol. The van der Waals surface area contributed by atoms with Crippen LogP contribution in [0.3, 0.4) is 0 Å². The fraction of sp³-hybridized carbons (Fsp3) is 0.500. The van der Waals surface area contributed by atoms with E-state index in [0.717, 1.165) is 51.5 Å². The highest BCUT2D eigenvalue weighted by atomic mass is 16.2. The molecule has 1 aliphatic rings. The molecule has 1 aromatic carbocycles. The molecule has 1 N–H and O–H groups in total. The molecule has 2 aromatic rings. The van der Waals surface area contributed by atoms with Crippen LogP contribution in [-0.2, 0) is 0 Å². The third kappa shape index (κ3) is 5.23. The number of rotatable bonds is 7. The molecular formula is C22H32N6O. The predicted molar refractivity (Wildman–Crippen MR) is 118 cm³/mol. The average Bonchev–Trinajstić information content (AvgIpc) is 2.75. The van der Waals surface area contributed by atoms with E-state index in [1.165, 1.54) is 5.69 Å². The number of likely N-dealkylation sites (N-methyl/N-ethyl adjacent to an activating group) is 1. The van der Waals surface area contributed by atoms with E-state index >= 15 is 0 Å². The van der Waals surface area contributed by atoms with Crippen molar-refractivity contribution in [3.05, 3.63) is 41.9 Å². The predicted octanol–water partition coefficient (Wildman–Crippen LogP) is 3.15. The van der Waals surface area contributed by atoms with Crippen LogP contribution in [-0.4, -0.2) is 71.5 Å². The van der Waals surface area contributed by atoms with E-state index in [9.17, 15) is 4.79 Å². The van der Waals surface area contributed by atoms with Gasteiger partial charge in [0.1, 0.15) is 17.3 Å². The summed E-state index contributed by atoms with van der Waals surface area (Å²) in [5.41, 5.74) is 2.58. The molecular weight excluding hydrogens is 364 g/mol. The minimum Gasteiger partial charge on any atom is -0.372 e. The number of hydrogen-bond acceptors (Lipinski definition) is 6. The lowest BCUT2D eigenvalue weighted by Crippen LogP contribution is -2.48. The SMILES string of the molecule is CCN1CCN(C(=O)c2cc(Nc3ccc(N(CC)CC)cc3)nc(C)n2)CC1. The van der Waals surface area contributed by atoms with Gasteiger partial charge in [0.15, 0.2) is 0 Å². The van der Waals surface area contributed by atoms with Crippen LogP contribution < -0.4 is 10.2 Å².